The van der Waals surface area contributed by atoms with E-state index in [1.165, 1.54) is 0 Å². The first kappa shape index (κ1) is 30.8. The largest absolute Gasteiger partial charge is 0.458 e. The Kier molecular flexibility index (Phi) is 8.62. The highest BCUT2D eigenvalue weighted by molar-refractivity contribution is 5.98. The Morgan fingerprint density at radius 2 is 1.43 bits per heavy atom. The Labute approximate surface area is 261 Å². The number of likely N-dealkylation sites (tertiary alicyclic amines) is 1. The molecule has 1 saturated heterocycles. The van der Waals surface area contributed by atoms with E-state index in [0.717, 1.165) is 49.7 Å². The number of carbonyl (C=O) groups is 3. The number of ether oxygens (including phenoxy) is 3. The Hall–Kier alpha value is -3.19. The molecule has 3 saturated carbocycles. The summed E-state index contributed by atoms with van der Waals surface area (Å²) in [6.45, 7) is 7.06. The smallest absolute Gasteiger partial charge is 0.347 e. The SMILES string of the molecule is C[C@H]1C[C@H]2[C@@H]3CC[C@H]4N(C)C(=O)CC[C@]4(C)[C@H]3CC[C@]2(C)[C@H]1OC(C(=O)OCc1ccccc1)C(=O)OCc1ccccc1. The number of fused-ring (bicyclic) bond motifs is 5. The summed E-state index contributed by atoms with van der Waals surface area (Å²) >= 11 is 0. The third-order valence-electron chi connectivity index (χ3n) is 11.9. The van der Waals surface area contributed by atoms with Gasteiger partial charge >= 0.3 is 11.9 Å². The molecule has 0 bridgehead atoms. The van der Waals surface area contributed by atoms with E-state index in [1.54, 1.807) is 0 Å². The van der Waals surface area contributed by atoms with E-state index in [4.69, 9.17) is 14.2 Å². The lowest BCUT2D eigenvalue weighted by Gasteiger charge is -2.61. The van der Waals surface area contributed by atoms with Crippen molar-refractivity contribution in [3.05, 3.63) is 71.8 Å². The third kappa shape index (κ3) is 5.57. The van der Waals surface area contributed by atoms with Gasteiger partial charge in [0.2, 0.25) is 5.91 Å². The van der Waals surface area contributed by atoms with Crippen molar-refractivity contribution in [2.75, 3.05) is 7.05 Å². The second kappa shape index (κ2) is 12.3. The lowest BCUT2D eigenvalue weighted by Crippen LogP contribution is -2.61. The molecular formula is C37H47NO6. The summed E-state index contributed by atoms with van der Waals surface area (Å²) in [5, 5.41) is 0. The van der Waals surface area contributed by atoms with Crippen molar-refractivity contribution in [1.29, 1.82) is 0 Å². The van der Waals surface area contributed by atoms with Gasteiger partial charge in [0.25, 0.3) is 6.10 Å². The van der Waals surface area contributed by atoms with Gasteiger partial charge in [0, 0.05) is 19.5 Å². The van der Waals surface area contributed by atoms with Crippen molar-refractivity contribution >= 4 is 17.8 Å². The lowest BCUT2D eigenvalue weighted by molar-refractivity contribution is -0.192. The molecule has 0 unspecified atom stereocenters. The fraction of sp³-hybridized carbons (Fsp3) is 0.595. The van der Waals surface area contributed by atoms with Crippen molar-refractivity contribution in [3.8, 4) is 0 Å². The van der Waals surface area contributed by atoms with Crippen LogP contribution in [0.25, 0.3) is 0 Å². The van der Waals surface area contributed by atoms with Gasteiger partial charge in [0.05, 0.1) is 6.10 Å². The fourth-order valence-corrected chi connectivity index (χ4v) is 9.72. The Bertz CT molecular complexity index is 1290. The zero-order valence-corrected chi connectivity index (χ0v) is 26.6. The molecule has 4 fully saturated rings. The molecule has 0 radical (unpaired) electrons. The van der Waals surface area contributed by atoms with Gasteiger partial charge < -0.3 is 19.1 Å². The topological polar surface area (TPSA) is 82.1 Å². The minimum atomic E-state index is -1.45. The summed E-state index contributed by atoms with van der Waals surface area (Å²) in [6, 6.07) is 19.2. The van der Waals surface area contributed by atoms with Crippen molar-refractivity contribution < 1.29 is 28.6 Å². The summed E-state index contributed by atoms with van der Waals surface area (Å²) in [5.74, 6) is 0.577. The van der Waals surface area contributed by atoms with Crippen molar-refractivity contribution in [2.24, 2.45) is 34.5 Å². The molecule has 4 aliphatic rings. The average Bonchev–Trinajstić information content (AvgIpc) is 3.29. The molecule has 44 heavy (non-hydrogen) atoms. The van der Waals surface area contributed by atoms with Crippen LogP contribution >= 0.6 is 0 Å². The number of amides is 1. The first-order valence-electron chi connectivity index (χ1n) is 16.4. The van der Waals surface area contributed by atoms with Crippen LogP contribution in [0.1, 0.15) is 76.8 Å². The predicted molar refractivity (Wildman–Crippen MR) is 166 cm³/mol. The summed E-state index contributed by atoms with van der Waals surface area (Å²) in [7, 11) is 1.99. The highest BCUT2D eigenvalue weighted by Crippen LogP contribution is 2.66. The van der Waals surface area contributed by atoms with E-state index in [9.17, 15) is 14.4 Å². The zero-order chi connectivity index (χ0) is 31.1. The summed E-state index contributed by atoms with van der Waals surface area (Å²) in [5.41, 5.74) is 1.64. The van der Waals surface area contributed by atoms with Gasteiger partial charge in [0.15, 0.2) is 0 Å². The molecule has 2 aromatic carbocycles. The zero-order valence-electron chi connectivity index (χ0n) is 26.6. The maximum atomic E-state index is 13.5. The second-order valence-electron chi connectivity index (χ2n) is 14.4. The molecule has 236 valence electrons. The monoisotopic (exact) mass is 601 g/mol. The van der Waals surface area contributed by atoms with Crippen LogP contribution in [-0.2, 0) is 41.8 Å². The molecule has 6 rings (SSSR count). The molecule has 7 heteroatoms. The van der Waals surface area contributed by atoms with Gasteiger partial charge in [-0.05, 0) is 84.2 Å². The van der Waals surface area contributed by atoms with Crippen molar-refractivity contribution in [2.45, 2.75) is 97.2 Å². The standard InChI is InChI=1S/C37H47NO6/c1-24-21-29-27-15-16-30-36(2,20-18-31(39)38(30)4)28(27)17-19-37(29,3)33(24)44-32(34(40)42-22-25-11-7-5-8-12-25)35(41)43-23-26-13-9-6-10-14-26/h5-14,24,27-30,32-33H,15-23H2,1-4H3/t24-,27+,28-,29-,30+,33-,36+,37-/m0/s1. The van der Waals surface area contributed by atoms with Gasteiger partial charge in [-0.25, -0.2) is 9.59 Å². The Morgan fingerprint density at radius 1 is 0.841 bits per heavy atom. The van der Waals surface area contributed by atoms with E-state index < -0.39 is 18.0 Å². The van der Waals surface area contributed by atoms with Crippen LogP contribution in [0.4, 0.5) is 0 Å². The maximum Gasteiger partial charge on any atom is 0.347 e. The summed E-state index contributed by atoms with van der Waals surface area (Å²) < 4.78 is 18.0. The second-order valence-corrected chi connectivity index (χ2v) is 14.4. The Morgan fingerprint density at radius 3 is 2.02 bits per heavy atom. The third-order valence-corrected chi connectivity index (χ3v) is 11.9. The number of rotatable bonds is 8. The van der Waals surface area contributed by atoms with Crippen LogP contribution in [0.15, 0.2) is 60.7 Å². The first-order chi connectivity index (χ1) is 21.1. The highest BCUT2D eigenvalue weighted by Gasteiger charge is 2.63. The molecule has 1 amide bonds. The molecule has 2 aromatic rings. The van der Waals surface area contributed by atoms with Gasteiger partial charge in [-0.1, -0.05) is 81.4 Å². The van der Waals surface area contributed by atoms with Crippen LogP contribution in [-0.4, -0.2) is 48.0 Å². The molecule has 0 spiro atoms. The van der Waals surface area contributed by atoms with Gasteiger partial charge in [-0.2, -0.15) is 0 Å². The van der Waals surface area contributed by atoms with Gasteiger partial charge in [0.1, 0.15) is 13.2 Å². The van der Waals surface area contributed by atoms with Crippen molar-refractivity contribution in [3.63, 3.8) is 0 Å². The number of benzene rings is 2. The Balaban J connectivity index is 1.21. The molecule has 1 heterocycles. The van der Waals surface area contributed by atoms with E-state index in [-0.39, 0.29) is 42.0 Å². The van der Waals surface area contributed by atoms with Gasteiger partial charge in [-0.15, -0.1) is 0 Å². The van der Waals surface area contributed by atoms with Gasteiger partial charge in [-0.3, -0.25) is 4.79 Å². The van der Waals surface area contributed by atoms with Crippen LogP contribution in [0.3, 0.4) is 0 Å². The minimum absolute atomic E-state index is 0.0616. The maximum absolute atomic E-state index is 13.5. The number of hydrogen-bond donors (Lipinski definition) is 0. The number of piperidine rings is 1. The number of esters is 2. The van der Waals surface area contributed by atoms with Crippen LogP contribution in [0, 0.1) is 34.5 Å². The quantitative estimate of drug-likeness (QED) is 0.260. The average molecular weight is 602 g/mol. The predicted octanol–water partition coefficient (Wildman–Crippen LogP) is 6.34. The number of carbonyl (C=O) groups excluding carboxylic acids is 3. The molecule has 0 aromatic heterocycles. The molecule has 8 atom stereocenters. The number of hydrogen-bond acceptors (Lipinski definition) is 6. The molecule has 1 aliphatic heterocycles. The van der Waals surface area contributed by atoms with E-state index >= 15 is 0 Å². The van der Waals surface area contributed by atoms with Crippen LogP contribution in [0.5, 0.6) is 0 Å². The van der Waals surface area contributed by atoms with E-state index in [1.807, 2.05) is 72.6 Å². The van der Waals surface area contributed by atoms with Crippen LogP contribution < -0.4 is 0 Å². The minimum Gasteiger partial charge on any atom is -0.458 e. The molecular weight excluding hydrogens is 554 g/mol. The highest BCUT2D eigenvalue weighted by atomic mass is 16.6. The fourth-order valence-electron chi connectivity index (χ4n) is 9.72. The van der Waals surface area contributed by atoms with E-state index in [2.05, 4.69) is 20.8 Å². The normalized spacial score (nSPS) is 34.6. The first-order valence-corrected chi connectivity index (χ1v) is 16.4. The van der Waals surface area contributed by atoms with Crippen molar-refractivity contribution in [1.82, 2.24) is 4.90 Å². The lowest BCUT2D eigenvalue weighted by atomic mass is 9.47. The molecule has 0 N–H and O–H groups in total. The molecule has 7 nitrogen and oxygen atoms in total. The number of nitrogens with zero attached hydrogens (tertiary/aromatic N) is 1. The van der Waals surface area contributed by atoms with E-state index in [0.29, 0.717) is 30.2 Å². The van der Waals surface area contributed by atoms with Crippen LogP contribution in [0.2, 0.25) is 0 Å². The molecule has 3 aliphatic carbocycles. The summed E-state index contributed by atoms with van der Waals surface area (Å²) in [6.07, 6.45) is 5.05. The summed E-state index contributed by atoms with van der Waals surface area (Å²) in [4.78, 5) is 41.7.